The summed E-state index contributed by atoms with van der Waals surface area (Å²) in [5.74, 6) is 2.89. The predicted molar refractivity (Wildman–Crippen MR) is 90.3 cm³/mol. The first-order valence-electron chi connectivity index (χ1n) is 9.07. The maximum absolute atomic E-state index is 12.9. The Morgan fingerprint density at radius 2 is 1.88 bits per heavy atom. The number of carbonyl (C=O) groups is 1. The lowest BCUT2D eigenvalue weighted by molar-refractivity contribution is 0.0771. The number of fused-ring (bicyclic) bond motifs is 2. The van der Waals surface area contributed by atoms with Gasteiger partial charge in [0.25, 0.3) is 5.91 Å². The molecule has 0 saturated carbocycles. The minimum atomic E-state index is 0.0485. The van der Waals surface area contributed by atoms with Crippen LogP contribution in [0.5, 0.6) is 0 Å². The van der Waals surface area contributed by atoms with Crippen LogP contribution in [0.25, 0.3) is 0 Å². The van der Waals surface area contributed by atoms with Crippen molar-refractivity contribution in [3.05, 3.63) is 35.6 Å². The van der Waals surface area contributed by atoms with E-state index in [1.807, 2.05) is 11.1 Å². The van der Waals surface area contributed by atoms with Gasteiger partial charge in [-0.25, -0.2) is 4.98 Å². The van der Waals surface area contributed by atoms with Gasteiger partial charge in [-0.1, -0.05) is 5.16 Å². The largest absolute Gasteiger partial charge is 0.360 e. The van der Waals surface area contributed by atoms with Crippen LogP contribution in [-0.4, -0.2) is 52.1 Å². The van der Waals surface area contributed by atoms with E-state index in [2.05, 4.69) is 20.0 Å². The van der Waals surface area contributed by atoms with Crippen LogP contribution in [0.3, 0.4) is 0 Å². The standard InChI is InChI=1S/C18H21N5O2/c24-18(17-14-3-1-2-4-15(14)25-21-17)23-10-12-8-22(9-13(12)11-23)16-7-19-5-6-20-16/h5-7,12-13H,1-4,8-11H2. The molecule has 7 heteroatoms. The van der Waals surface area contributed by atoms with Gasteiger partial charge in [-0.3, -0.25) is 9.78 Å². The molecule has 2 unspecified atom stereocenters. The lowest BCUT2D eigenvalue weighted by Gasteiger charge is -2.22. The Bertz CT molecular complexity index is 776. The highest BCUT2D eigenvalue weighted by molar-refractivity contribution is 5.94. The van der Waals surface area contributed by atoms with E-state index in [1.54, 1.807) is 12.4 Å². The van der Waals surface area contributed by atoms with Gasteiger partial charge in [-0.2, -0.15) is 0 Å². The van der Waals surface area contributed by atoms with E-state index in [4.69, 9.17) is 4.52 Å². The summed E-state index contributed by atoms with van der Waals surface area (Å²) in [5, 5.41) is 4.10. The third kappa shape index (κ3) is 2.49. The van der Waals surface area contributed by atoms with Gasteiger partial charge in [0.05, 0.1) is 6.20 Å². The van der Waals surface area contributed by atoms with Crippen molar-refractivity contribution in [2.45, 2.75) is 25.7 Å². The number of likely N-dealkylation sites (tertiary alicyclic amines) is 1. The zero-order valence-corrected chi connectivity index (χ0v) is 14.1. The maximum atomic E-state index is 12.9. The van der Waals surface area contributed by atoms with Gasteiger partial charge in [0.1, 0.15) is 11.6 Å². The molecule has 1 aliphatic carbocycles. The van der Waals surface area contributed by atoms with Crippen molar-refractivity contribution in [2.24, 2.45) is 11.8 Å². The number of carbonyl (C=O) groups excluding carboxylic acids is 1. The minimum absolute atomic E-state index is 0.0485. The molecule has 25 heavy (non-hydrogen) atoms. The van der Waals surface area contributed by atoms with Crippen LogP contribution in [0.4, 0.5) is 5.82 Å². The highest BCUT2D eigenvalue weighted by atomic mass is 16.5. The second kappa shape index (κ2) is 5.82. The van der Waals surface area contributed by atoms with Gasteiger partial charge < -0.3 is 14.3 Å². The zero-order valence-electron chi connectivity index (χ0n) is 14.1. The molecule has 0 radical (unpaired) electrons. The summed E-state index contributed by atoms with van der Waals surface area (Å²) in [6.45, 7) is 3.46. The molecule has 130 valence electrons. The summed E-state index contributed by atoms with van der Waals surface area (Å²) in [6, 6.07) is 0. The zero-order chi connectivity index (χ0) is 16.8. The fourth-order valence-electron chi connectivity index (χ4n) is 4.50. The quantitative estimate of drug-likeness (QED) is 0.826. The molecule has 2 aliphatic heterocycles. The second-order valence-corrected chi connectivity index (χ2v) is 7.34. The second-order valence-electron chi connectivity index (χ2n) is 7.34. The maximum Gasteiger partial charge on any atom is 0.276 e. The number of rotatable bonds is 2. The predicted octanol–water partition coefficient (Wildman–Crippen LogP) is 1.55. The molecule has 2 saturated heterocycles. The summed E-state index contributed by atoms with van der Waals surface area (Å²) in [4.78, 5) is 25.7. The number of hydrogen-bond donors (Lipinski definition) is 0. The van der Waals surface area contributed by atoms with Crippen molar-refractivity contribution in [2.75, 3.05) is 31.1 Å². The minimum Gasteiger partial charge on any atom is -0.360 e. The molecule has 0 N–H and O–H groups in total. The molecule has 7 nitrogen and oxygen atoms in total. The van der Waals surface area contributed by atoms with Gasteiger partial charge >= 0.3 is 0 Å². The summed E-state index contributed by atoms with van der Waals surface area (Å²) in [6.07, 6.45) is 9.31. The molecule has 2 aromatic heterocycles. The molecular weight excluding hydrogens is 318 g/mol. The average molecular weight is 339 g/mol. The summed E-state index contributed by atoms with van der Waals surface area (Å²) >= 11 is 0. The van der Waals surface area contributed by atoms with Crippen molar-refractivity contribution in [1.82, 2.24) is 20.0 Å². The first-order valence-corrected chi connectivity index (χ1v) is 9.07. The normalized spacial score (nSPS) is 25.1. The third-order valence-electron chi connectivity index (χ3n) is 5.80. The van der Waals surface area contributed by atoms with Gasteiger partial charge in [-0.15, -0.1) is 0 Å². The summed E-state index contributed by atoms with van der Waals surface area (Å²) < 4.78 is 5.42. The molecule has 0 spiro atoms. The van der Waals surface area contributed by atoms with Crippen molar-refractivity contribution in [1.29, 1.82) is 0 Å². The number of aromatic nitrogens is 3. The molecule has 5 rings (SSSR count). The molecule has 2 aromatic rings. The summed E-state index contributed by atoms with van der Waals surface area (Å²) in [7, 11) is 0. The Labute approximate surface area is 146 Å². The third-order valence-corrected chi connectivity index (χ3v) is 5.80. The van der Waals surface area contributed by atoms with E-state index in [1.165, 1.54) is 0 Å². The molecule has 4 heterocycles. The Balaban J connectivity index is 1.28. The van der Waals surface area contributed by atoms with Crippen molar-refractivity contribution >= 4 is 11.7 Å². The van der Waals surface area contributed by atoms with E-state index < -0.39 is 0 Å². The Morgan fingerprint density at radius 3 is 2.64 bits per heavy atom. The van der Waals surface area contributed by atoms with Crippen LogP contribution < -0.4 is 4.90 Å². The lowest BCUT2D eigenvalue weighted by atomic mass is 9.96. The topological polar surface area (TPSA) is 75.4 Å². The SMILES string of the molecule is O=C(c1noc2c1CCCC2)N1CC2CN(c3cnccn3)CC2C1. The van der Waals surface area contributed by atoms with Crippen molar-refractivity contribution < 1.29 is 9.32 Å². The van der Waals surface area contributed by atoms with Crippen molar-refractivity contribution in [3.8, 4) is 0 Å². The van der Waals surface area contributed by atoms with E-state index in [9.17, 15) is 4.79 Å². The lowest BCUT2D eigenvalue weighted by Crippen LogP contribution is -2.34. The molecule has 2 atom stereocenters. The first kappa shape index (κ1) is 14.9. The molecule has 0 bridgehead atoms. The fourth-order valence-corrected chi connectivity index (χ4v) is 4.50. The van der Waals surface area contributed by atoms with Crippen LogP contribution in [-0.2, 0) is 12.8 Å². The van der Waals surface area contributed by atoms with Gasteiger partial charge in [0, 0.05) is 62.4 Å². The summed E-state index contributed by atoms with van der Waals surface area (Å²) in [5.41, 5.74) is 1.61. The molecular formula is C18H21N5O2. The van der Waals surface area contributed by atoms with Crippen LogP contribution in [0, 0.1) is 11.8 Å². The number of aryl methyl sites for hydroxylation is 1. The first-order chi connectivity index (χ1) is 12.3. The van der Waals surface area contributed by atoms with Crippen LogP contribution in [0.1, 0.15) is 34.7 Å². The number of hydrogen-bond acceptors (Lipinski definition) is 6. The van der Waals surface area contributed by atoms with E-state index in [0.29, 0.717) is 17.5 Å². The molecule has 0 aromatic carbocycles. The van der Waals surface area contributed by atoms with Gasteiger partial charge in [-0.05, 0) is 19.3 Å². The van der Waals surface area contributed by atoms with E-state index >= 15 is 0 Å². The van der Waals surface area contributed by atoms with Crippen molar-refractivity contribution in [3.63, 3.8) is 0 Å². The Morgan fingerprint density at radius 1 is 1.08 bits per heavy atom. The Kier molecular flexibility index (Phi) is 3.46. The van der Waals surface area contributed by atoms with Crippen LogP contribution in [0.2, 0.25) is 0 Å². The molecule has 3 aliphatic rings. The van der Waals surface area contributed by atoms with Gasteiger partial charge in [0.15, 0.2) is 5.69 Å². The monoisotopic (exact) mass is 339 g/mol. The highest BCUT2D eigenvalue weighted by Crippen LogP contribution is 2.34. The molecule has 2 fully saturated rings. The number of anilines is 1. The highest BCUT2D eigenvalue weighted by Gasteiger charge is 2.43. The average Bonchev–Trinajstić information content (AvgIpc) is 3.34. The smallest absolute Gasteiger partial charge is 0.276 e. The Hall–Kier alpha value is -2.44. The number of amides is 1. The van der Waals surface area contributed by atoms with Gasteiger partial charge in [0.2, 0.25) is 0 Å². The molecule has 1 amide bonds. The van der Waals surface area contributed by atoms with Crippen LogP contribution >= 0.6 is 0 Å². The van der Waals surface area contributed by atoms with E-state index in [-0.39, 0.29) is 5.91 Å². The fraction of sp³-hybridized carbons (Fsp3) is 0.556. The van der Waals surface area contributed by atoms with Crippen LogP contribution in [0.15, 0.2) is 23.1 Å². The van der Waals surface area contributed by atoms with E-state index in [0.717, 1.165) is 69.0 Å². The number of nitrogens with zero attached hydrogens (tertiary/aromatic N) is 5.